The van der Waals surface area contributed by atoms with Gasteiger partial charge in [-0.15, -0.1) is 0 Å². The normalized spacial score (nSPS) is 11.7. The molecular formula is C63H40N2O2. The molecule has 4 nitrogen and oxygen atoms in total. The Hall–Kier alpha value is -8.86. The Balaban J connectivity index is 0.974. The largest absolute Gasteiger partial charge is 0.456 e. The fraction of sp³-hybridized carbons (Fsp3) is 0.0159. The van der Waals surface area contributed by atoms with Gasteiger partial charge in [0, 0.05) is 49.4 Å². The zero-order valence-corrected chi connectivity index (χ0v) is 36.6. The third-order valence-electron chi connectivity index (χ3n) is 13.2. The van der Waals surface area contributed by atoms with E-state index < -0.39 is 0 Å². The minimum Gasteiger partial charge on any atom is -0.456 e. The van der Waals surface area contributed by atoms with Crippen molar-refractivity contribution in [2.24, 2.45) is 0 Å². The summed E-state index contributed by atoms with van der Waals surface area (Å²) in [5.41, 5.74) is 18.0. The molecule has 0 amide bonds. The third kappa shape index (κ3) is 6.69. The van der Waals surface area contributed by atoms with Crippen molar-refractivity contribution >= 4 is 54.6 Å². The highest BCUT2D eigenvalue weighted by atomic mass is 16.3. The minimum atomic E-state index is 0.641. The SMILES string of the molecule is Cc1c(-c2ccccc2)nc(-c2cccc3oc4ccc(-c5ccccc5)cc4c23)nc1-c1cc(-c2ccccc2)cc(-c2ccc(-c3cccc4c3oc3cc5ccccc5cc34)cc2)c1. The van der Waals surface area contributed by atoms with E-state index in [1.165, 1.54) is 10.8 Å². The fourth-order valence-electron chi connectivity index (χ4n) is 9.90. The smallest absolute Gasteiger partial charge is 0.161 e. The van der Waals surface area contributed by atoms with Gasteiger partial charge in [-0.25, -0.2) is 9.97 Å². The first-order valence-electron chi connectivity index (χ1n) is 22.7. The highest BCUT2D eigenvalue weighted by molar-refractivity contribution is 6.14. The number of fused-ring (bicyclic) bond motifs is 7. The molecule has 13 rings (SSSR count). The van der Waals surface area contributed by atoms with Crippen LogP contribution in [0.1, 0.15) is 5.56 Å². The van der Waals surface area contributed by atoms with Crippen molar-refractivity contribution in [3.63, 3.8) is 0 Å². The molecule has 3 aromatic heterocycles. The molecular weight excluding hydrogens is 817 g/mol. The lowest BCUT2D eigenvalue weighted by Gasteiger charge is -2.16. The van der Waals surface area contributed by atoms with Crippen LogP contribution in [0.5, 0.6) is 0 Å². The summed E-state index contributed by atoms with van der Waals surface area (Å²) >= 11 is 0. The summed E-state index contributed by atoms with van der Waals surface area (Å²) < 4.78 is 13.1. The van der Waals surface area contributed by atoms with Gasteiger partial charge in [-0.1, -0.05) is 176 Å². The van der Waals surface area contributed by atoms with Crippen LogP contribution in [0.2, 0.25) is 0 Å². The van der Waals surface area contributed by atoms with Crippen molar-refractivity contribution in [1.29, 1.82) is 0 Å². The molecule has 0 atom stereocenters. The van der Waals surface area contributed by atoms with Crippen LogP contribution >= 0.6 is 0 Å². The summed E-state index contributed by atoms with van der Waals surface area (Å²) in [6.45, 7) is 2.15. The van der Waals surface area contributed by atoms with Crippen molar-refractivity contribution in [2.75, 3.05) is 0 Å². The number of para-hydroxylation sites is 1. The predicted octanol–water partition coefficient (Wildman–Crippen LogP) is 17.4. The van der Waals surface area contributed by atoms with Crippen LogP contribution in [0.4, 0.5) is 0 Å². The molecule has 67 heavy (non-hydrogen) atoms. The van der Waals surface area contributed by atoms with Gasteiger partial charge >= 0.3 is 0 Å². The van der Waals surface area contributed by atoms with Crippen LogP contribution in [0.15, 0.2) is 233 Å². The van der Waals surface area contributed by atoms with Gasteiger partial charge in [0.15, 0.2) is 5.82 Å². The van der Waals surface area contributed by atoms with Gasteiger partial charge in [-0.3, -0.25) is 0 Å². The molecule has 0 N–H and O–H groups in total. The molecule has 0 radical (unpaired) electrons. The molecule has 0 saturated carbocycles. The van der Waals surface area contributed by atoms with Gasteiger partial charge in [0.25, 0.3) is 0 Å². The highest BCUT2D eigenvalue weighted by Crippen LogP contribution is 2.42. The number of hydrogen-bond acceptors (Lipinski definition) is 4. The molecule has 4 heteroatoms. The van der Waals surface area contributed by atoms with E-state index in [4.69, 9.17) is 18.8 Å². The quantitative estimate of drug-likeness (QED) is 0.160. The number of nitrogens with zero attached hydrogens (tertiary/aromatic N) is 2. The van der Waals surface area contributed by atoms with Gasteiger partial charge in [0.05, 0.1) is 11.4 Å². The molecule has 10 aromatic carbocycles. The molecule has 0 fully saturated rings. The van der Waals surface area contributed by atoms with Gasteiger partial charge in [0.1, 0.15) is 22.3 Å². The molecule has 0 aliphatic carbocycles. The molecule has 0 aliphatic rings. The topological polar surface area (TPSA) is 52.1 Å². The molecule has 0 saturated heterocycles. The van der Waals surface area contributed by atoms with E-state index in [-0.39, 0.29) is 0 Å². The maximum Gasteiger partial charge on any atom is 0.161 e. The summed E-state index contributed by atoms with van der Waals surface area (Å²) in [7, 11) is 0. The van der Waals surface area contributed by atoms with Crippen LogP contribution < -0.4 is 0 Å². The van der Waals surface area contributed by atoms with E-state index >= 15 is 0 Å². The van der Waals surface area contributed by atoms with Crippen LogP contribution in [-0.2, 0) is 0 Å². The van der Waals surface area contributed by atoms with Crippen LogP contribution in [0.25, 0.3) is 133 Å². The van der Waals surface area contributed by atoms with E-state index in [1.807, 2.05) is 24.3 Å². The second-order valence-electron chi connectivity index (χ2n) is 17.3. The second-order valence-corrected chi connectivity index (χ2v) is 17.3. The highest BCUT2D eigenvalue weighted by Gasteiger charge is 2.21. The van der Waals surface area contributed by atoms with E-state index in [2.05, 4.69) is 207 Å². The average Bonchev–Trinajstić information content (AvgIpc) is 3.96. The number of furan rings is 2. The Labute approximate surface area is 387 Å². The van der Waals surface area contributed by atoms with Gasteiger partial charge < -0.3 is 8.83 Å². The van der Waals surface area contributed by atoms with Gasteiger partial charge in [-0.2, -0.15) is 0 Å². The Morgan fingerprint density at radius 1 is 0.313 bits per heavy atom. The van der Waals surface area contributed by atoms with Gasteiger partial charge in [-0.05, 0) is 105 Å². The van der Waals surface area contributed by atoms with E-state index in [1.54, 1.807) is 0 Å². The van der Waals surface area contributed by atoms with Crippen LogP contribution in [0.3, 0.4) is 0 Å². The monoisotopic (exact) mass is 856 g/mol. The second kappa shape index (κ2) is 15.7. The van der Waals surface area contributed by atoms with Crippen molar-refractivity contribution in [1.82, 2.24) is 9.97 Å². The summed E-state index contributed by atoms with van der Waals surface area (Å²) in [5.74, 6) is 0.641. The lowest BCUT2D eigenvalue weighted by atomic mass is 9.92. The molecule has 0 spiro atoms. The maximum absolute atomic E-state index is 6.63. The zero-order chi connectivity index (χ0) is 44.4. The van der Waals surface area contributed by atoms with Crippen LogP contribution in [-0.4, -0.2) is 9.97 Å². The van der Waals surface area contributed by atoms with Crippen molar-refractivity contribution < 1.29 is 8.83 Å². The molecule has 3 heterocycles. The van der Waals surface area contributed by atoms with Crippen molar-refractivity contribution in [3.05, 3.63) is 230 Å². The molecule has 0 bridgehead atoms. The fourth-order valence-corrected chi connectivity index (χ4v) is 9.90. The first-order valence-corrected chi connectivity index (χ1v) is 22.7. The minimum absolute atomic E-state index is 0.641. The standard InChI is InChI=1S/C63H40N2O2/c1-39-60(44-19-9-4-10-20-44)64-63(53-25-14-26-57-59(53)55-37-47(31-32-56(55)66-57)40-15-5-2-6-16-40)65-61(39)50-34-48(41-17-7-3-8-18-41)33-49(35-50)42-27-29-43(30-28-42)51-23-13-24-52-54-36-45-21-11-12-22-46(45)38-58(54)67-62(51)52/h2-38H,1H3. The zero-order valence-electron chi connectivity index (χ0n) is 36.6. The molecule has 0 unspecified atom stereocenters. The van der Waals surface area contributed by atoms with Gasteiger partial charge in [0.2, 0.25) is 0 Å². The Morgan fingerprint density at radius 2 is 0.866 bits per heavy atom. The molecule has 314 valence electrons. The molecule has 13 aromatic rings. The average molecular weight is 857 g/mol. The van der Waals surface area contributed by atoms with E-state index in [9.17, 15) is 0 Å². The first-order chi connectivity index (χ1) is 33.1. The third-order valence-corrected chi connectivity index (χ3v) is 13.2. The Bertz CT molecular complexity index is 4020. The van der Waals surface area contributed by atoms with Crippen molar-refractivity contribution in [2.45, 2.75) is 6.92 Å². The van der Waals surface area contributed by atoms with Crippen LogP contribution in [0, 0.1) is 6.92 Å². The maximum atomic E-state index is 6.63. The first kappa shape index (κ1) is 38.6. The summed E-state index contributed by atoms with van der Waals surface area (Å²) in [4.78, 5) is 10.9. The Morgan fingerprint density at radius 3 is 1.58 bits per heavy atom. The lowest BCUT2D eigenvalue weighted by molar-refractivity contribution is 0.669. The summed E-state index contributed by atoms with van der Waals surface area (Å²) in [6, 6.07) is 79.1. The van der Waals surface area contributed by atoms with E-state index in [0.717, 1.165) is 122 Å². The summed E-state index contributed by atoms with van der Waals surface area (Å²) in [5, 5.41) is 6.64. The van der Waals surface area contributed by atoms with Crippen molar-refractivity contribution in [3.8, 4) is 78.4 Å². The number of hydrogen-bond donors (Lipinski definition) is 0. The number of rotatable bonds is 7. The predicted molar refractivity (Wildman–Crippen MR) is 277 cm³/mol. The number of aromatic nitrogens is 2. The Kier molecular flexibility index (Phi) is 9.04. The van der Waals surface area contributed by atoms with E-state index in [0.29, 0.717) is 5.82 Å². The lowest BCUT2D eigenvalue weighted by Crippen LogP contribution is -2.01. The summed E-state index contributed by atoms with van der Waals surface area (Å²) in [6.07, 6.45) is 0. The molecule has 0 aliphatic heterocycles. The number of benzene rings is 10.